The second-order valence-corrected chi connectivity index (χ2v) is 5.24. The normalized spacial score (nSPS) is 10.0. The van der Waals surface area contributed by atoms with E-state index in [-0.39, 0.29) is 23.6 Å². The lowest BCUT2D eigenvalue weighted by Gasteiger charge is -2.18. The molecule has 0 saturated carbocycles. The summed E-state index contributed by atoms with van der Waals surface area (Å²) in [6.45, 7) is 0.281. The van der Waals surface area contributed by atoms with Gasteiger partial charge in [-0.25, -0.2) is 4.79 Å². The molecule has 0 heterocycles. The van der Waals surface area contributed by atoms with E-state index in [0.29, 0.717) is 24.0 Å². The maximum absolute atomic E-state index is 12.3. The van der Waals surface area contributed by atoms with Crippen LogP contribution in [-0.2, 0) is 11.2 Å². The molecule has 0 aliphatic carbocycles. The third-order valence-corrected chi connectivity index (χ3v) is 3.79. The monoisotopic (exact) mass is 341 g/mol. The minimum absolute atomic E-state index is 0.00878. The number of rotatable bonds is 7. The highest BCUT2D eigenvalue weighted by Crippen LogP contribution is 2.40. The van der Waals surface area contributed by atoms with E-state index in [2.05, 4.69) is 10.0 Å². The Labute approximate surface area is 145 Å². The van der Waals surface area contributed by atoms with Crippen LogP contribution >= 0.6 is 0 Å². The van der Waals surface area contributed by atoms with E-state index in [1.165, 1.54) is 20.3 Å². The van der Waals surface area contributed by atoms with Gasteiger partial charge in [0.1, 0.15) is 17.1 Å². The first-order chi connectivity index (χ1) is 12.1. The molecule has 0 amide bonds. The van der Waals surface area contributed by atoms with E-state index in [4.69, 9.17) is 15.0 Å². The Morgan fingerprint density at radius 1 is 1.28 bits per heavy atom. The highest BCUT2D eigenvalue weighted by molar-refractivity contribution is 5.98. The molecule has 0 radical (unpaired) electrons. The molecule has 0 atom stereocenters. The SMILES string of the molecule is COC(=O)c1c(OC)cc(O)c(-c2ccccc2)c1CCCN=[N+]=[N-]. The van der Waals surface area contributed by atoms with Gasteiger partial charge in [-0.2, -0.15) is 0 Å². The number of esters is 1. The Kier molecular flexibility index (Phi) is 6.26. The first kappa shape index (κ1) is 18.2. The molecule has 130 valence electrons. The Balaban J connectivity index is 2.67. The Morgan fingerprint density at radius 2 is 2.00 bits per heavy atom. The molecule has 0 spiro atoms. The van der Waals surface area contributed by atoms with Gasteiger partial charge in [0.15, 0.2) is 0 Å². The predicted octanol–water partition coefficient (Wildman–Crippen LogP) is 4.10. The quantitative estimate of drug-likeness (QED) is 0.269. The summed E-state index contributed by atoms with van der Waals surface area (Å²) >= 11 is 0. The average molecular weight is 341 g/mol. The van der Waals surface area contributed by atoms with E-state index < -0.39 is 5.97 Å². The van der Waals surface area contributed by atoms with Crippen LogP contribution in [0.4, 0.5) is 0 Å². The summed E-state index contributed by atoms with van der Waals surface area (Å²) in [6.07, 6.45) is 0.930. The number of carbonyl (C=O) groups excluding carboxylic acids is 1. The van der Waals surface area contributed by atoms with Gasteiger partial charge in [-0.3, -0.25) is 0 Å². The summed E-state index contributed by atoms with van der Waals surface area (Å²) in [5.74, 6) is -0.301. The van der Waals surface area contributed by atoms with Crippen LogP contribution in [0.15, 0.2) is 41.5 Å². The zero-order valence-electron chi connectivity index (χ0n) is 14.1. The summed E-state index contributed by atoms with van der Waals surface area (Å²) in [5.41, 5.74) is 10.6. The molecular weight excluding hydrogens is 322 g/mol. The number of aromatic hydroxyl groups is 1. The number of phenolic OH excluding ortho intramolecular Hbond substituents is 1. The molecule has 0 aliphatic heterocycles. The maximum Gasteiger partial charge on any atom is 0.341 e. The third-order valence-electron chi connectivity index (χ3n) is 3.79. The van der Waals surface area contributed by atoms with Crippen LogP contribution in [0, 0.1) is 0 Å². The summed E-state index contributed by atoms with van der Waals surface area (Å²) in [6, 6.07) is 10.7. The van der Waals surface area contributed by atoms with Crippen molar-refractivity contribution >= 4 is 5.97 Å². The minimum atomic E-state index is -0.548. The van der Waals surface area contributed by atoms with Gasteiger partial charge in [-0.05, 0) is 29.5 Å². The molecule has 0 unspecified atom stereocenters. The maximum atomic E-state index is 12.3. The zero-order valence-corrected chi connectivity index (χ0v) is 14.1. The molecule has 0 fully saturated rings. The Morgan fingerprint density at radius 3 is 2.60 bits per heavy atom. The van der Waals surface area contributed by atoms with E-state index in [0.717, 1.165) is 5.56 Å². The first-order valence-corrected chi connectivity index (χ1v) is 7.71. The lowest BCUT2D eigenvalue weighted by atomic mass is 9.90. The standard InChI is InChI=1S/C18H19N3O4/c1-24-15-11-14(22)16(12-7-4-3-5-8-12)13(9-6-10-20-21-19)17(15)18(23)25-2/h3-5,7-8,11,22H,6,9-10H2,1-2H3. The van der Waals surface area contributed by atoms with Gasteiger partial charge in [-0.1, -0.05) is 35.4 Å². The average Bonchev–Trinajstić information content (AvgIpc) is 2.64. The van der Waals surface area contributed by atoms with Gasteiger partial charge in [0.25, 0.3) is 0 Å². The zero-order chi connectivity index (χ0) is 18.2. The summed E-state index contributed by atoms with van der Waals surface area (Å²) in [5, 5.41) is 14.0. The smallest absolute Gasteiger partial charge is 0.341 e. The van der Waals surface area contributed by atoms with E-state index >= 15 is 0 Å². The summed E-state index contributed by atoms with van der Waals surface area (Å²) in [4.78, 5) is 15.1. The number of carbonyl (C=O) groups is 1. The highest BCUT2D eigenvalue weighted by atomic mass is 16.5. The number of azide groups is 1. The number of ether oxygens (including phenoxy) is 2. The van der Waals surface area contributed by atoms with Crippen molar-refractivity contribution in [3.8, 4) is 22.6 Å². The fourth-order valence-electron chi connectivity index (χ4n) is 2.73. The Hall–Kier alpha value is -3.18. The van der Waals surface area contributed by atoms with Crippen LogP contribution in [0.1, 0.15) is 22.3 Å². The fourth-order valence-corrected chi connectivity index (χ4v) is 2.73. The predicted molar refractivity (Wildman–Crippen MR) is 93.8 cm³/mol. The number of hydrogen-bond acceptors (Lipinski definition) is 5. The second-order valence-electron chi connectivity index (χ2n) is 5.24. The molecule has 1 N–H and O–H groups in total. The highest BCUT2D eigenvalue weighted by Gasteiger charge is 2.24. The molecule has 2 aromatic rings. The number of nitrogens with zero attached hydrogens (tertiary/aromatic N) is 3. The first-order valence-electron chi connectivity index (χ1n) is 7.71. The number of methoxy groups -OCH3 is 2. The van der Waals surface area contributed by atoms with Gasteiger partial charge < -0.3 is 14.6 Å². The largest absolute Gasteiger partial charge is 0.507 e. The number of hydrogen-bond donors (Lipinski definition) is 1. The van der Waals surface area contributed by atoms with Crippen LogP contribution in [0.25, 0.3) is 21.6 Å². The van der Waals surface area contributed by atoms with Crippen LogP contribution in [-0.4, -0.2) is 31.8 Å². The van der Waals surface area contributed by atoms with Crippen LogP contribution in [0.2, 0.25) is 0 Å². The number of phenols is 1. The van der Waals surface area contributed by atoms with Crippen molar-refractivity contribution in [2.45, 2.75) is 12.8 Å². The van der Waals surface area contributed by atoms with Crippen molar-refractivity contribution in [3.05, 3.63) is 58.0 Å². The van der Waals surface area contributed by atoms with Crippen molar-refractivity contribution in [3.63, 3.8) is 0 Å². The molecule has 2 rings (SSSR count). The van der Waals surface area contributed by atoms with Crippen molar-refractivity contribution in [2.24, 2.45) is 5.11 Å². The molecule has 7 nitrogen and oxygen atoms in total. The van der Waals surface area contributed by atoms with Gasteiger partial charge in [0.05, 0.1) is 14.2 Å². The molecular formula is C18H19N3O4. The molecule has 0 aromatic heterocycles. The van der Waals surface area contributed by atoms with Crippen molar-refractivity contribution in [1.82, 2.24) is 0 Å². The van der Waals surface area contributed by atoms with Crippen molar-refractivity contribution in [1.29, 1.82) is 0 Å². The lowest BCUT2D eigenvalue weighted by molar-refractivity contribution is 0.0596. The Bertz CT molecular complexity index is 800. The molecule has 7 heteroatoms. The van der Waals surface area contributed by atoms with Crippen LogP contribution in [0.5, 0.6) is 11.5 Å². The van der Waals surface area contributed by atoms with Gasteiger partial charge in [-0.15, -0.1) is 0 Å². The molecule has 0 bridgehead atoms. The van der Waals surface area contributed by atoms with Crippen LogP contribution < -0.4 is 4.74 Å². The minimum Gasteiger partial charge on any atom is -0.507 e. The third kappa shape index (κ3) is 4.02. The fraction of sp³-hybridized carbons (Fsp3) is 0.278. The molecule has 0 saturated heterocycles. The topological polar surface area (TPSA) is 105 Å². The van der Waals surface area contributed by atoms with Gasteiger partial charge >= 0.3 is 5.97 Å². The van der Waals surface area contributed by atoms with E-state index in [1.807, 2.05) is 30.3 Å². The van der Waals surface area contributed by atoms with Crippen molar-refractivity contribution in [2.75, 3.05) is 20.8 Å². The second kappa shape index (κ2) is 8.61. The molecule has 0 aliphatic rings. The van der Waals surface area contributed by atoms with Gasteiger partial charge in [0.2, 0.25) is 0 Å². The molecule has 2 aromatic carbocycles. The summed E-state index contributed by atoms with van der Waals surface area (Å²) in [7, 11) is 2.72. The van der Waals surface area contributed by atoms with Crippen molar-refractivity contribution < 1.29 is 19.4 Å². The van der Waals surface area contributed by atoms with E-state index in [1.54, 1.807) is 0 Å². The lowest BCUT2D eigenvalue weighted by Crippen LogP contribution is -2.10. The van der Waals surface area contributed by atoms with E-state index in [9.17, 15) is 9.90 Å². The van der Waals surface area contributed by atoms with Crippen LogP contribution in [0.3, 0.4) is 0 Å². The summed E-state index contributed by atoms with van der Waals surface area (Å²) < 4.78 is 10.2. The number of benzene rings is 2. The molecule has 25 heavy (non-hydrogen) atoms. The van der Waals surface area contributed by atoms with Gasteiger partial charge in [0, 0.05) is 23.1 Å².